The fourth-order valence-electron chi connectivity index (χ4n) is 1.12. The van der Waals surface area contributed by atoms with Crippen LogP contribution in [0.2, 0.25) is 0 Å². The van der Waals surface area contributed by atoms with Crippen molar-refractivity contribution in [3.63, 3.8) is 0 Å². The first kappa shape index (κ1) is 6.05. The Morgan fingerprint density at radius 3 is 2.38 bits per heavy atom. The lowest BCUT2D eigenvalue weighted by atomic mass is 9.93. The molecule has 2 nitrogen and oxygen atoms in total. The average molecular weight is 115 g/mol. The number of hydrogen-bond acceptors (Lipinski definition) is 2. The standard InChI is InChI=1S/C6H13NO/c1-6(2)3-5(4-7)8-6/h5H,3-4,7H2,1-2H3/t5-/m0/s1. The molecule has 0 radical (unpaired) electrons. The SMILES string of the molecule is CC1(C)C[C@@H](CN)O1. The maximum absolute atomic E-state index is 5.35. The van der Waals surface area contributed by atoms with Gasteiger partial charge in [0.2, 0.25) is 0 Å². The van der Waals surface area contributed by atoms with E-state index in [4.69, 9.17) is 10.5 Å². The van der Waals surface area contributed by atoms with Crippen LogP contribution in [0.5, 0.6) is 0 Å². The molecule has 0 aromatic carbocycles. The van der Waals surface area contributed by atoms with E-state index in [1.54, 1.807) is 0 Å². The second kappa shape index (κ2) is 1.71. The van der Waals surface area contributed by atoms with Crippen LogP contribution in [0.1, 0.15) is 20.3 Å². The van der Waals surface area contributed by atoms with E-state index in [0.717, 1.165) is 6.42 Å². The second-order valence-corrected chi connectivity index (χ2v) is 2.94. The molecule has 1 fully saturated rings. The highest BCUT2D eigenvalue weighted by Gasteiger charge is 2.35. The average Bonchev–Trinajstić information content (AvgIpc) is 1.60. The molecular weight excluding hydrogens is 102 g/mol. The van der Waals surface area contributed by atoms with E-state index >= 15 is 0 Å². The molecule has 0 aromatic heterocycles. The van der Waals surface area contributed by atoms with Gasteiger partial charge in [0, 0.05) is 13.0 Å². The summed E-state index contributed by atoms with van der Waals surface area (Å²) < 4.78 is 5.35. The van der Waals surface area contributed by atoms with Crippen LogP contribution < -0.4 is 5.73 Å². The predicted molar refractivity (Wildman–Crippen MR) is 32.6 cm³/mol. The van der Waals surface area contributed by atoms with Crippen molar-refractivity contribution in [2.45, 2.75) is 32.0 Å². The zero-order chi connectivity index (χ0) is 6.20. The third-order valence-electron chi connectivity index (χ3n) is 1.47. The van der Waals surface area contributed by atoms with Crippen LogP contribution in [0.3, 0.4) is 0 Å². The highest BCUT2D eigenvalue weighted by atomic mass is 16.5. The van der Waals surface area contributed by atoms with Crippen molar-refractivity contribution in [3.05, 3.63) is 0 Å². The zero-order valence-corrected chi connectivity index (χ0v) is 5.48. The van der Waals surface area contributed by atoms with Crippen LogP contribution in [0, 0.1) is 0 Å². The van der Waals surface area contributed by atoms with Gasteiger partial charge >= 0.3 is 0 Å². The highest BCUT2D eigenvalue weighted by molar-refractivity contribution is 4.85. The van der Waals surface area contributed by atoms with Crippen molar-refractivity contribution in [2.75, 3.05) is 6.54 Å². The lowest BCUT2D eigenvalue weighted by molar-refractivity contribution is -0.178. The number of nitrogens with two attached hydrogens (primary N) is 1. The Morgan fingerprint density at radius 1 is 1.75 bits per heavy atom. The molecule has 8 heavy (non-hydrogen) atoms. The van der Waals surface area contributed by atoms with Gasteiger partial charge in [0.05, 0.1) is 11.7 Å². The molecule has 2 N–H and O–H groups in total. The predicted octanol–water partition coefficient (Wildman–Crippen LogP) is 0.513. The minimum Gasteiger partial charge on any atom is -0.371 e. The maximum Gasteiger partial charge on any atom is 0.0731 e. The Bertz CT molecular complexity index is 82.5. The molecular formula is C6H13NO. The van der Waals surface area contributed by atoms with Gasteiger partial charge in [-0.3, -0.25) is 0 Å². The van der Waals surface area contributed by atoms with E-state index in [9.17, 15) is 0 Å². The fraction of sp³-hybridized carbons (Fsp3) is 1.00. The van der Waals surface area contributed by atoms with Gasteiger partial charge in [-0.05, 0) is 13.8 Å². The van der Waals surface area contributed by atoms with Gasteiger partial charge in [0.15, 0.2) is 0 Å². The summed E-state index contributed by atoms with van der Waals surface area (Å²) in [5.41, 5.74) is 5.45. The summed E-state index contributed by atoms with van der Waals surface area (Å²) in [6.07, 6.45) is 1.45. The van der Waals surface area contributed by atoms with Gasteiger partial charge in [-0.1, -0.05) is 0 Å². The van der Waals surface area contributed by atoms with Crippen molar-refractivity contribution in [2.24, 2.45) is 5.73 Å². The van der Waals surface area contributed by atoms with Gasteiger partial charge in [-0.25, -0.2) is 0 Å². The van der Waals surface area contributed by atoms with Crippen LogP contribution >= 0.6 is 0 Å². The van der Waals surface area contributed by atoms with E-state index in [1.165, 1.54) is 0 Å². The number of ether oxygens (including phenoxy) is 1. The van der Waals surface area contributed by atoms with Gasteiger partial charge in [-0.2, -0.15) is 0 Å². The summed E-state index contributed by atoms with van der Waals surface area (Å²) in [6, 6.07) is 0. The van der Waals surface area contributed by atoms with Gasteiger partial charge in [0.25, 0.3) is 0 Å². The Morgan fingerprint density at radius 2 is 2.25 bits per heavy atom. The molecule has 0 aliphatic carbocycles. The molecule has 0 amide bonds. The summed E-state index contributed by atoms with van der Waals surface area (Å²) >= 11 is 0. The quantitative estimate of drug-likeness (QED) is 0.540. The van der Waals surface area contributed by atoms with Crippen LogP contribution in [-0.2, 0) is 4.74 Å². The first-order chi connectivity index (χ1) is 3.64. The molecule has 1 aliphatic rings. The van der Waals surface area contributed by atoms with E-state index in [0.29, 0.717) is 12.6 Å². The van der Waals surface area contributed by atoms with E-state index < -0.39 is 0 Å². The van der Waals surface area contributed by atoms with Gasteiger partial charge in [-0.15, -0.1) is 0 Å². The summed E-state index contributed by atoms with van der Waals surface area (Å²) in [6.45, 7) is 4.84. The molecule has 1 rings (SSSR count). The van der Waals surface area contributed by atoms with Crippen LogP contribution in [-0.4, -0.2) is 18.2 Å². The maximum atomic E-state index is 5.35. The Balaban J connectivity index is 2.21. The zero-order valence-electron chi connectivity index (χ0n) is 5.48. The van der Waals surface area contributed by atoms with E-state index in [2.05, 4.69) is 13.8 Å². The van der Waals surface area contributed by atoms with E-state index in [1.807, 2.05) is 0 Å². The van der Waals surface area contributed by atoms with Gasteiger partial charge < -0.3 is 10.5 Å². The van der Waals surface area contributed by atoms with Crippen molar-refractivity contribution < 1.29 is 4.74 Å². The second-order valence-electron chi connectivity index (χ2n) is 2.94. The summed E-state index contributed by atoms with van der Waals surface area (Å²) in [7, 11) is 0. The lowest BCUT2D eigenvalue weighted by Gasteiger charge is -2.42. The monoisotopic (exact) mass is 115 g/mol. The lowest BCUT2D eigenvalue weighted by Crippen LogP contribution is -2.49. The molecule has 0 saturated carbocycles. The normalized spacial score (nSPS) is 34.1. The molecule has 0 bridgehead atoms. The topological polar surface area (TPSA) is 35.2 Å². The fourth-order valence-corrected chi connectivity index (χ4v) is 1.12. The molecule has 48 valence electrons. The molecule has 1 saturated heterocycles. The molecule has 0 spiro atoms. The summed E-state index contributed by atoms with van der Waals surface area (Å²) in [5, 5.41) is 0. The Hall–Kier alpha value is -0.0800. The van der Waals surface area contributed by atoms with Crippen LogP contribution in [0.25, 0.3) is 0 Å². The molecule has 0 aromatic rings. The van der Waals surface area contributed by atoms with Crippen molar-refractivity contribution >= 4 is 0 Å². The van der Waals surface area contributed by atoms with E-state index in [-0.39, 0.29) is 5.60 Å². The van der Waals surface area contributed by atoms with Crippen LogP contribution in [0.4, 0.5) is 0 Å². The van der Waals surface area contributed by atoms with Crippen molar-refractivity contribution in [3.8, 4) is 0 Å². The molecule has 2 heteroatoms. The molecule has 1 atom stereocenters. The van der Waals surface area contributed by atoms with Crippen molar-refractivity contribution in [1.29, 1.82) is 0 Å². The Labute approximate surface area is 50.0 Å². The van der Waals surface area contributed by atoms with Gasteiger partial charge in [0.1, 0.15) is 0 Å². The third-order valence-corrected chi connectivity index (χ3v) is 1.47. The minimum absolute atomic E-state index is 0.115. The highest BCUT2D eigenvalue weighted by Crippen LogP contribution is 2.30. The summed E-state index contributed by atoms with van der Waals surface area (Å²) in [4.78, 5) is 0. The molecule has 1 aliphatic heterocycles. The van der Waals surface area contributed by atoms with Crippen molar-refractivity contribution in [1.82, 2.24) is 0 Å². The van der Waals surface area contributed by atoms with Crippen LogP contribution in [0.15, 0.2) is 0 Å². The smallest absolute Gasteiger partial charge is 0.0731 e. The largest absolute Gasteiger partial charge is 0.371 e. The number of rotatable bonds is 1. The Kier molecular flexibility index (Phi) is 1.29. The molecule has 1 heterocycles. The first-order valence-electron chi connectivity index (χ1n) is 3.02. The number of hydrogen-bond donors (Lipinski definition) is 1. The third kappa shape index (κ3) is 1.01. The minimum atomic E-state index is 0.115. The summed E-state index contributed by atoms with van der Waals surface area (Å²) in [5.74, 6) is 0. The molecule has 0 unspecified atom stereocenters. The first-order valence-corrected chi connectivity index (χ1v) is 3.02.